The van der Waals surface area contributed by atoms with Crippen LogP contribution in [0.5, 0.6) is 5.75 Å². The highest BCUT2D eigenvalue weighted by atomic mass is 19.1. The van der Waals surface area contributed by atoms with Gasteiger partial charge in [-0.2, -0.15) is 0 Å². The largest absolute Gasteiger partial charge is 0.492 e. The van der Waals surface area contributed by atoms with Crippen LogP contribution in [0.1, 0.15) is 76.1 Å². The van der Waals surface area contributed by atoms with Gasteiger partial charge in [-0.05, 0) is 82.2 Å². The summed E-state index contributed by atoms with van der Waals surface area (Å²) in [4.78, 5) is 18.1. The molecule has 5 rings (SSSR count). The van der Waals surface area contributed by atoms with E-state index in [1.54, 1.807) is 0 Å². The second kappa shape index (κ2) is 14.7. The molecule has 0 bridgehead atoms. The molecule has 0 unspecified atom stereocenters. The number of rotatable bonds is 13. The zero-order valence-corrected chi connectivity index (χ0v) is 27.2. The summed E-state index contributed by atoms with van der Waals surface area (Å²) in [6.45, 7) is 13.0. The Morgan fingerprint density at radius 2 is 1.67 bits per heavy atom. The summed E-state index contributed by atoms with van der Waals surface area (Å²) in [5.41, 5.74) is 2.82. The van der Waals surface area contributed by atoms with Crippen molar-refractivity contribution >= 4 is 11.5 Å². The van der Waals surface area contributed by atoms with Crippen molar-refractivity contribution in [3.05, 3.63) is 70.3 Å². The van der Waals surface area contributed by atoms with E-state index in [-0.39, 0.29) is 29.9 Å². The Balaban J connectivity index is 1.20. The summed E-state index contributed by atoms with van der Waals surface area (Å²) in [5.74, 6) is -1.29. The van der Waals surface area contributed by atoms with Crippen LogP contribution in [-0.4, -0.2) is 91.4 Å². The highest BCUT2D eigenvalue weighted by Gasteiger charge is 2.43. The number of ether oxygens (including phenoxy) is 2. The molecule has 0 aromatic heterocycles. The van der Waals surface area contributed by atoms with Crippen molar-refractivity contribution in [2.24, 2.45) is 0 Å². The second-order valence-electron chi connectivity index (χ2n) is 13.3. The number of hydrogen-bond acceptors (Lipinski definition) is 6. The summed E-state index contributed by atoms with van der Waals surface area (Å²) < 4.78 is 57.8. The normalized spacial score (nSPS) is 21.1. The Labute approximate surface area is 266 Å². The number of fused-ring (bicyclic) bond motifs is 2. The number of carbonyl (C=O) groups excluding carboxylic acids is 1. The van der Waals surface area contributed by atoms with Crippen molar-refractivity contribution in [1.29, 1.82) is 0 Å². The molecule has 0 N–H and O–H groups in total. The van der Waals surface area contributed by atoms with Crippen LogP contribution in [0.4, 0.5) is 13.2 Å². The standard InChI is InChI=1S/C36H48F3N3O3/c1-5-44-33(43)12-8-9-13-40-14-16-41(17-15-40)18-19-45-27-22-31(37)34(32(38)23-27)35-30-21-26-10-6-7-11-28(26)29(30)20-25(2)42(35)24-36(3,4)39/h6-7,10-11,22-23,25,35H,5,8-9,12-21,24H2,1-4H3/t25-,35+/m1/s1. The third kappa shape index (κ3) is 8.29. The maximum absolute atomic E-state index is 15.9. The predicted molar refractivity (Wildman–Crippen MR) is 171 cm³/mol. The van der Waals surface area contributed by atoms with E-state index in [0.717, 1.165) is 67.8 Å². The number of esters is 1. The van der Waals surface area contributed by atoms with Gasteiger partial charge < -0.3 is 14.4 Å². The van der Waals surface area contributed by atoms with Crippen LogP contribution in [0.25, 0.3) is 5.57 Å². The van der Waals surface area contributed by atoms with E-state index < -0.39 is 23.3 Å². The highest BCUT2D eigenvalue weighted by Crippen LogP contribution is 2.50. The van der Waals surface area contributed by atoms with Crippen molar-refractivity contribution in [2.45, 2.75) is 77.6 Å². The van der Waals surface area contributed by atoms with E-state index >= 15 is 13.2 Å². The van der Waals surface area contributed by atoms with E-state index in [1.165, 1.54) is 26.0 Å². The molecule has 2 heterocycles. The third-order valence-corrected chi connectivity index (χ3v) is 9.27. The quantitative estimate of drug-likeness (QED) is 0.185. The van der Waals surface area contributed by atoms with Crippen molar-refractivity contribution in [1.82, 2.24) is 14.7 Å². The minimum atomic E-state index is -1.53. The zero-order chi connectivity index (χ0) is 32.1. The molecule has 1 fully saturated rings. The van der Waals surface area contributed by atoms with E-state index in [2.05, 4.69) is 21.9 Å². The molecule has 0 spiro atoms. The van der Waals surface area contributed by atoms with Crippen molar-refractivity contribution in [3.8, 4) is 5.75 Å². The fraction of sp³-hybridized carbons (Fsp3) is 0.583. The van der Waals surface area contributed by atoms with Crippen LogP contribution in [0.3, 0.4) is 0 Å². The number of alkyl halides is 1. The maximum atomic E-state index is 15.9. The average molecular weight is 628 g/mol. The minimum absolute atomic E-state index is 0.0307. The van der Waals surface area contributed by atoms with Crippen LogP contribution in [0.2, 0.25) is 0 Å². The minimum Gasteiger partial charge on any atom is -0.492 e. The summed E-state index contributed by atoms with van der Waals surface area (Å²) in [6.07, 6.45) is 3.58. The molecule has 0 radical (unpaired) electrons. The van der Waals surface area contributed by atoms with Crippen LogP contribution in [0, 0.1) is 11.6 Å². The van der Waals surface area contributed by atoms with Gasteiger partial charge >= 0.3 is 5.97 Å². The van der Waals surface area contributed by atoms with E-state index in [0.29, 0.717) is 39.0 Å². The number of benzene rings is 2. The molecule has 2 atom stereocenters. The molecule has 1 saturated heterocycles. The van der Waals surface area contributed by atoms with Gasteiger partial charge in [-0.3, -0.25) is 14.6 Å². The molecule has 2 aliphatic heterocycles. The number of halogens is 3. The van der Waals surface area contributed by atoms with E-state index in [4.69, 9.17) is 9.47 Å². The van der Waals surface area contributed by atoms with E-state index in [9.17, 15) is 4.79 Å². The number of unbranched alkanes of at least 4 members (excludes halogenated alkanes) is 1. The van der Waals surface area contributed by atoms with E-state index in [1.807, 2.05) is 30.9 Å². The van der Waals surface area contributed by atoms with Gasteiger partial charge in [0.15, 0.2) is 0 Å². The fourth-order valence-corrected chi connectivity index (χ4v) is 7.12. The zero-order valence-electron chi connectivity index (χ0n) is 27.2. The molecule has 246 valence electrons. The number of nitrogens with zero attached hydrogens (tertiary/aromatic N) is 3. The smallest absolute Gasteiger partial charge is 0.305 e. The molecule has 6 nitrogen and oxygen atoms in total. The Morgan fingerprint density at radius 1 is 1.00 bits per heavy atom. The third-order valence-electron chi connectivity index (χ3n) is 9.27. The molecular formula is C36H48F3N3O3. The lowest BCUT2D eigenvalue weighted by molar-refractivity contribution is -0.143. The highest BCUT2D eigenvalue weighted by molar-refractivity contribution is 5.79. The number of hydrogen-bond donors (Lipinski definition) is 0. The van der Waals surface area contributed by atoms with Gasteiger partial charge in [-0.15, -0.1) is 0 Å². The number of carbonyl (C=O) groups is 1. The molecule has 0 saturated carbocycles. The second-order valence-corrected chi connectivity index (χ2v) is 13.3. The first kappa shape index (κ1) is 33.5. The fourth-order valence-electron chi connectivity index (χ4n) is 7.12. The monoisotopic (exact) mass is 627 g/mol. The Kier molecular flexibility index (Phi) is 10.9. The topological polar surface area (TPSA) is 45.3 Å². The molecule has 45 heavy (non-hydrogen) atoms. The SMILES string of the molecule is CCOC(=O)CCCCN1CCN(CCOc2cc(F)c([C@@H]3C4=C(C[C@@H](C)N3CC(C)(C)F)c3ccccc3C4)c(F)c2)CC1. The summed E-state index contributed by atoms with van der Waals surface area (Å²) in [7, 11) is 0. The first-order valence-electron chi connectivity index (χ1n) is 16.5. The van der Waals surface area contributed by atoms with Crippen LogP contribution < -0.4 is 4.74 Å². The molecule has 2 aromatic rings. The first-order chi connectivity index (χ1) is 21.5. The Morgan fingerprint density at radius 3 is 2.33 bits per heavy atom. The summed E-state index contributed by atoms with van der Waals surface area (Å²) >= 11 is 0. The molecule has 2 aromatic carbocycles. The van der Waals surface area contributed by atoms with Gasteiger partial charge in [-0.1, -0.05) is 24.3 Å². The lowest BCUT2D eigenvalue weighted by atomic mass is 9.84. The Hall–Kier alpha value is -2.88. The molecule has 9 heteroatoms. The summed E-state index contributed by atoms with van der Waals surface area (Å²) in [5, 5.41) is 0. The lowest BCUT2D eigenvalue weighted by Crippen LogP contribution is -2.47. The molecular weight excluding hydrogens is 579 g/mol. The van der Waals surface area contributed by atoms with Gasteiger partial charge in [0.2, 0.25) is 0 Å². The molecule has 3 aliphatic rings. The van der Waals surface area contributed by atoms with Gasteiger partial charge in [0.25, 0.3) is 0 Å². The van der Waals surface area contributed by atoms with Crippen LogP contribution in [0.15, 0.2) is 42.0 Å². The van der Waals surface area contributed by atoms with Crippen molar-refractivity contribution < 1.29 is 27.4 Å². The van der Waals surface area contributed by atoms with Crippen LogP contribution >= 0.6 is 0 Å². The predicted octanol–water partition coefficient (Wildman–Crippen LogP) is 6.59. The number of piperazine rings is 1. The van der Waals surface area contributed by atoms with Gasteiger partial charge in [0, 0.05) is 69.4 Å². The lowest BCUT2D eigenvalue weighted by Gasteiger charge is -2.44. The van der Waals surface area contributed by atoms with Gasteiger partial charge in [0.05, 0.1) is 12.6 Å². The van der Waals surface area contributed by atoms with Gasteiger partial charge in [-0.25, -0.2) is 13.2 Å². The van der Waals surface area contributed by atoms with Crippen LogP contribution in [-0.2, 0) is 16.0 Å². The van der Waals surface area contributed by atoms with Crippen molar-refractivity contribution in [2.75, 3.05) is 59.0 Å². The Bertz CT molecular complexity index is 1340. The maximum Gasteiger partial charge on any atom is 0.305 e. The molecule has 1 aliphatic carbocycles. The van der Waals surface area contributed by atoms with Gasteiger partial charge in [0.1, 0.15) is 29.7 Å². The average Bonchev–Trinajstić information content (AvgIpc) is 3.35. The summed E-state index contributed by atoms with van der Waals surface area (Å²) in [6, 6.07) is 9.92. The first-order valence-corrected chi connectivity index (χ1v) is 16.5. The van der Waals surface area contributed by atoms with Crippen molar-refractivity contribution in [3.63, 3.8) is 0 Å². The molecule has 0 amide bonds.